The Morgan fingerprint density at radius 1 is 0.541 bits per heavy atom. The summed E-state index contributed by atoms with van der Waals surface area (Å²) in [6.45, 7) is 19.3. The lowest BCUT2D eigenvalue weighted by atomic mass is 9.79. The lowest BCUT2D eigenvalue weighted by Gasteiger charge is -2.26. The lowest BCUT2D eigenvalue weighted by Crippen LogP contribution is -2.32. The second kappa shape index (κ2) is 17.7. The molecule has 0 aromatic rings. The SMILES string of the molecule is CC(C)(C)CCC(C)(CO)C(=O)O.CC(C)(C)CCC(CO)C(=O)O.CC(C)(C)CC[C@@H](CO)C(=O)O. The Labute approximate surface area is 224 Å². The third-order valence-electron chi connectivity index (χ3n) is 5.92. The van der Waals surface area contributed by atoms with Crippen molar-refractivity contribution in [1.82, 2.24) is 0 Å². The fourth-order valence-electron chi connectivity index (χ4n) is 2.70. The quantitative estimate of drug-likeness (QED) is 0.203. The molecule has 0 rings (SSSR count). The van der Waals surface area contributed by atoms with Gasteiger partial charge in [0.25, 0.3) is 0 Å². The molecule has 0 bridgehead atoms. The topological polar surface area (TPSA) is 173 Å². The Morgan fingerprint density at radius 2 is 0.838 bits per heavy atom. The summed E-state index contributed by atoms with van der Waals surface area (Å²) in [5.74, 6) is -3.91. The van der Waals surface area contributed by atoms with Gasteiger partial charge in [-0.15, -0.1) is 0 Å². The van der Waals surface area contributed by atoms with Crippen molar-refractivity contribution in [3.63, 3.8) is 0 Å². The summed E-state index contributed by atoms with van der Waals surface area (Å²) in [6.07, 6.45) is 4.07. The molecule has 0 aliphatic carbocycles. The van der Waals surface area contributed by atoms with E-state index in [9.17, 15) is 14.4 Å². The number of carboxylic acid groups (broad SMARTS) is 3. The van der Waals surface area contributed by atoms with Gasteiger partial charge in [-0.1, -0.05) is 62.3 Å². The molecule has 0 aliphatic rings. The molecule has 0 aromatic heterocycles. The molecular weight excluding hydrogens is 480 g/mol. The second-order valence-electron chi connectivity index (χ2n) is 13.7. The predicted molar refractivity (Wildman–Crippen MR) is 145 cm³/mol. The molecular formula is C28H56O9. The van der Waals surface area contributed by atoms with Crippen molar-refractivity contribution in [2.24, 2.45) is 33.5 Å². The van der Waals surface area contributed by atoms with Crippen LogP contribution >= 0.6 is 0 Å². The molecule has 0 aliphatic heterocycles. The van der Waals surface area contributed by atoms with E-state index in [1.807, 2.05) is 0 Å². The van der Waals surface area contributed by atoms with Gasteiger partial charge < -0.3 is 30.6 Å². The van der Waals surface area contributed by atoms with Gasteiger partial charge in [-0.25, -0.2) is 0 Å². The molecule has 9 heteroatoms. The van der Waals surface area contributed by atoms with Gasteiger partial charge in [0.15, 0.2) is 0 Å². The minimum absolute atomic E-state index is 0.117. The van der Waals surface area contributed by atoms with E-state index in [1.165, 1.54) is 0 Å². The Hall–Kier alpha value is -1.71. The van der Waals surface area contributed by atoms with Gasteiger partial charge in [0.05, 0.1) is 37.1 Å². The van der Waals surface area contributed by atoms with Crippen LogP contribution in [0.3, 0.4) is 0 Å². The number of hydrogen-bond donors (Lipinski definition) is 6. The zero-order chi connectivity index (χ0) is 30.3. The van der Waals surface area contributed by atoms with E-state index in [0.717, 1.165) is 19.3 Å². The number of aliphatic carboxylic acids is 3. The average Bonchev–Trinajstić information content (AvgIpc) is 2.71. The van der Waals surface area contributed by atoms with Crippen molar-refractivity contribution in [1.29, 1.82) is 0 Å². The molecule has 0 saturated carbocycles. The highest BCUT2D eigenvalue weighted by Crippen LogP contribution is 2.30. The van der Waals surface area contributed by atoms with Crippen molar-refractivity contribution in [3.05, 3.63) is 0 Å². The molecule has 0 amide bonds. The standard InChI is InChI=1S/C10H20O3.2C9H18O3/c1-9(2,3)5-6-10(4,7-11)8(12)13;2*1-9(2,3)5-4-7(6-10)8(11)12/h11H,5-7H2,1-4H3,(H,12,13);2*7,10H,4-6H2,1-3H3,(H,11,12)/t;7-;/m.0./s1. The van der Waals surface area contributed by atoms with E-state index in [-0.39, 0.29) is 36.1 Å². The predicted octanol–water partition coefficient (Wildman–Crippen LogP) is 4.91. The monoisotopic (exact) mass is 536 g/mol. The summed E-state index contributed by atoms with van der Waals surface area (Å²) in [5, 5.41) is 52.5. The number of rotatable bonds is 12. The summed E-state index contributed by atoms with van der Waals surface area (Å²) >= 11 is 0. The minimum Gasteiger partial charge on any atom is -0.481 e. The van der Waals surface area contributed by atoms with Gasteiger partial charge in [0.1, 0.15) is 0 Å². The molecule has 222 valence electrons. The zero-order valence-corrected chi connectivity index (χ0v) is 24.9. The largest absolute Gasteiger partial charge is 0.481 e. The van der Waals surface area contributed by atoms with Crippen LogP contribution in [-0.4, -0.2) is 68.4 Å². The fraction of sp³-hybridized carbons (Fsp3) is 0.893. The smallest absolute Gasteiger partial charge is 0.311 e. The zero-order valence-electron chi connectivity index (χ0n) is 24.9. The number of hydrogen-bond acceptors (Lipinski definition) is 6. The molecule has 0 heterocycles. The normalized spacial score (nSPS) is 15.2. The molecule has 0 fully saturated rings. The summed E-state index contributed by atoms with van der Waals surface area (Å²) in [4.78, 5) is 31.8. The maximum atomic E-state index is 10.8. The Kier molecular flexibility index (Phi) is 19.1. The van der Waals surface area contributed by atoms with Crippen LogP contribution in [-0.2, 0) is 14.4 Å². The highest BCUT2D eigenvalue weighted by molar-refractivity contribution is 5.74. The maximum absolute atomic E-state index is 10.8. The van der Waals surface area contributed by atoms with Crippen LogP contribution in [0.2, 0.25) is 0 Å². The van der Waals surface area contributed by atoms with Gasteiger partial charge >= 0.3 is 17.9 Å². The van der Waals surface area contributed by atoms with E-state index in [1.54, 1.807) is 6.92 Å². The Balaban J connectivity index is -0.000000469. The van der Waals surface area contributed by atoms with Crippen LogP contribution in [0.5, 0.6) is 0 Å². The van der Waals surface area contributed by atoms with Crippen molar-refractivity contribution in [3.8, 4) is 0 Å². The third-order valence-corrected chi connectivity index (χ3v) is 5.92. The van der Waals surface area contributed by atoms with Gasteiger partial charge in [-0.2, -0.15) is 0 Å². The third kappa shape index (κ3) is 24.4. The first-order valence-electron chi connectivity index (χ1n) is 13.0. The molecule has 6 N–H and O–H groups in total. The van der Waals surface area contributed by atoms with Crippen LogP contribution < -0.4 is 0 Å². The van der Waals surface area contributed by atoms with Gasteiger partial charge in [0.2, 0.25) is 0 Å². The lowest BCUT2D eigenvalue weighted by molar-refractivity contribution is -0.151. The number of aliphatic hydroxyl groups is 3. The molecule has 3 atom stereocenters. The number of carbonyl (C=O) groups is 3. The van der Waals surface area contributed by atoms with E-state index < -0.39 is 35.2 Å². The second-order valence-corrected chi connectivity index (χ2v) is 13.7. The van der Waals surface area contributed by atoms with Gasteiger partial charge in [-0.05, 0) is 61.7 Å². The van der Waals surface area contributed by atoms with E-state index in [2.05, 4.69) is 62.3 Å². The van der Waals surface area contributed by atoms with E-state index in [0.29, 0.717) is 19.3 Å². The van der Waals surface area contributed by atoms with Crippen molar-refractivity contribution in [2.45, 2.75) is 108 Å². The maximum Gasteiger partial charge on any atom is 0.311 e. The van der Waals surface area contributed by atoms with Gasteiger partial charge in [0, 0.05) is 0 Å². The summed E-state index contributed by atoms with van der Waals surface area (Å²) in [5.41, 5.74) is -0.578. The molecule has 9 nitrogen and oxygen atoms in total. The molecule has 2 unspecified atom stereocenters. The fourth-order valence-corrected chi connectivity index (χ4v) is 2.70. The van der Waals surface area contributed by atoms with Crippen LogP contribution in [0.1, 0.15) is 108 Å². The van der Waals surface area contributed by atoms with E-state index >= 15 is 0 Å². The van der Waals surface area contributed by atoms with Crippen molar-refractivity contribution < 1.29 is 45.0 Å². The van der Waals surface area contributed by atoms with Crippen LogP contribution in [0.4, 0.5) is 0 Å². The van der Waals surface area contributed by atoms with Gasteiger partial charge in [-0.3, -0.25) is 14.4 Å². The minimum atomic E-state index is -0.979. The first-order chi connectivity index (χ1) is 16.4. The van der Waals surface area contributed by atoms with Crippen molar-refractivity contribution >= 4 is 17.9 Å². The summed E-state index contributed by atoms with van der Waals surface area (Å²) < 4.78 is 0. The van der Waals surface area contributed by atoms with Crippen molar-refractivity contribution in [2.75, 3.05) is 19.8 Å². The first kappa shape index (κ1) is 39.8. The highest BCUT2D eigenvalue weighted by Gasteiger charge is 2.33. The number of carboxylic acids is 3. The molecule has 0 saturated heterocycles. The van der Waals surface area contributed by atoms with Crippen LogP contribution in [0, 0.1) is 33.5 Å². The first-order valence-corrected chi connectivity index (χ1v) is 13.0. The molecule has 0 radical (unpaired) electrons. The van der Waals surface area contributed by atoms with E-state index in [4.69, 9.17) is 30.6 Å². The number of aliphatic hydroxyl groups excluding tert-OH is 3. The van der Waals surface area contributed by atoms with Crippen LogP contribution in [0.25, 0.3) is 0 Å². The Morgan fingerprint density at radius 3 is 1.00 bits per heavy atom. The Bertz CT molecular complexity index is 618. The van der Waals surface area contributed by atoms with Crippen LogP contribution in [0.15, 0.2) is 0 Å². The summed E-state index contributed by atoms with van der Waals surface area (Å²) in [7, 11) is 0. The average molecular weight is 537 g/mol. The highest BCUT2D eigenvalue weighted by atomic mass is 16.4. The molecule has 0 aromatic carbocycles. The summed E-state index contributed by atoms with van der Waals surface area (Å²) in [6, 6.07) is 0. The molecule has 0 spiro atoms. The molecule has 37 heavy (non-hydrogen) atoms.